The highest BCUT2D eigenvalue weighted by Crippen LogP contribution is 2.28. The number of hydrogen-bond donors (Lipinski definition) is 0. The Kier molecular flexibility index (Phi) is 7.24. The van der Waals surface area contributed by atoms with Gasteiger partial charge in [-0.3, -0.25) is 4.79 Å². The second kappa shape index (κ2) is 9.94. The zero-order valence-corrected chi connectivity index (χ0v) is 19.2. The molecule has 6 nitrogen and oxygen atoms in total. The smallest absolute Gasteiger partial charge is 0.246 e. The van der Waals surface area contributed by atoms with E-state index in [2.05, 4.69) is 0 Å². The molecule has 1 amide bonds. The lowest BCUT2D eigenvalue weighted by Crippen LogP contribution is -2.46. The van der Waals surface area contributed by atoms with Crippen LogP contribution in [0.15, 0.2) is 40.6 Å². The summed E-state index contributed by atoms with van der Waals surface area (Å²) in [5, 5.41) is 1.97. The summed E-state index contributed by atoms with van der Waals surface area (Å²) in [5.41, 5.74) is 0. The van der Waals surface area contributed by atoms with Gasteiger partial charge in [0.25, 0.3) is 0 Å². The topological polar surface area (TPSA) is 66.9 Å². The molecule has 10 heteroatoms. The minimum absolute atomic E-state index is 0.0112. The third kappa shape index (κ3) is 5.19. The molecule has 3 heterocycles. The van der Waals surface area contributed by atoms with Crippen molar-refractivity contribution in [3.8, 4) is 0 Å². The third-order valence-corrected chi connectivity index (χ3v) is 8.78. The monoisotopic (exact) mass is 484 g/mol. The Morgan fingerprint density at radius 3 is 2.62 bits per heavy atom. The van der Waals surface area contributed by atoms with Gasteiger partial charge in [-0.25, -0.2) is 17.2 Å². The highest BCUT2D eigenvalue weighted by Gasteiger charge is 2.36. The number of hydrogen-bond acceptors (Lipinski definition) is 5. The van der Waals surface area contributed by atoms with Crippen molar-refractivity contribution in [3.63, 3.8) is 0 Å². The number of sulfonamides is 1. The van der Waals surface area contributed by atoms with Crippen LogP contribution >= 0.6 is 11.3 Å². The van der Waals surface area contributed by atoms with Crippen molar-refractivity contribution in [1.82, 2.24) is 9.21 Å². The summed E-state index contributed by atoms with van der Waals surface area (Å²) >= 11 is 1.59. The third-order valence-electron chi connectivity index (χ3n) is 6.00. The molecule has 1 aromatic carbocycles. The Morgan fingerprint density at radius 1 is 1.19 bits per heavy atom. The van der Waals surface area contributed by atoms with E-state index in [0.717, 1.165) is 34.2 Å². The lowest BCUT2D eigenvalue weighted by molar-refractivity contribution is -0.139. The van der Waals surface area contributed by atoms with Crippen LogP contribution in [0.25, 0.3) is 0 Å². The van der Waals surface area contributed by atoms with Crippen LogP contribution in [0.5, 0.6) is 0 Å². The molecule has 2 fully saturated rings. The molecule has 1 atom stereocenters. The maximum atomic E-state index is 14.1. The maximum absolute atomic E-state index is 14.1. The molecule has 32 heavy (non-hydrogen) atoms. The largest absolute Gasteiger partial charge is 0.376 e. The molecule has 2 aromatic rings. The van der Waals surface area contributed by atoms with Crippen LogP contribution in [0.1, 0.15) is 30.6 Å². The van der Waals surface area contributed by atoms with E-state index in [1.807, 2.05) is 22.4 Å². The van der Waals surface area contributed by atoms with E-state index in [-0.39, 0.29) is 31.0 Å². The average Bonchev–Trinajstić information content (AvgIpc) is 3.49. The molecule has 2 aliphatic heterocycles. The minimum atomic E-state index is -4.17. The fraction of sp³-hybridized carbons (Fsp3) is 0.500. The van der Waals surface area contributed by atoms with Gasteiger partial charge in [0.15, 0.2) is 0 Å². The van der Waals surface area contributed by atoms with Gasteiger partial charge in [0.1, 0.15) is 16.5 Å². The van der Waals surface area contributed by atoms with Crippen LogP contribution in [0.2, 0.25) is 0 Å². The number of carbonyl (C=O) groups is 1. The highest BCUT2D eigenvalue weighted by atomic mass is 32.2. The SMILES string of the molecule is O=C(C1CCN(S(=O)(=O)c2cc(F)ccc2F)CC1)N(Cc1cccs1)CC1CCCO1. The van der Waals surface area contributed by atoms with Crippen LogP contribution in [0.4, 0.5) is 8.78 Å². The van der Waals surface area contributed by atoms with E-state index in [1.54, 1.807) is 11.3 Å². The first kappa shape index (κ1) is 23.3. The summed E-state index contributed by atoms with van der Waals surface area (Å²) in [6.45, 7) is 1.90. The Bertz CT molecular complexity index is 1030. The van der Waals surface area contributed by atoms with E-state index in [1.165, 1.54) is 0 Å². The van der Waals surface area contributed by atoms with Gasteiger partial charge >= 0.3 is 0 Å². The van der Waals surface area contributed by atoms with Crippen molar-refractivity contribution in [2.45, 2.75) is 43.2 Å². The van der Waals surface area contributed by atoms with Gasteiger partial charge in [0, 0.05) is 37.0 Å². The molecule has 0 bridgehead atoms. The average molecular weight is 485 g/mol. The molecule has 1 unspecified atom stereocenters. The van der Waals surface area contributed by atoms with E-state index in [4.69, 9.17) is 4.74 Å². The summed E-state index contributed by atoms with van der Waals surface area (Å²) in [5.74, 6) is -2.13. The molecule has 0 aliphatic carbocycles. The second-order valence-electron chi connectivity index (χ2n) is 8.19. The second-order valence-corrected chi connectivity index (χ2v) is 11.1. The predicted molar refractivity (Wildman–Crippen MR) is 117 cm³/mol. The Morgan fingerprint density at radius 2 is 1.97 bits per heavy atom. The molecule has 0 N–H and O–H groups in total. The molecule has 0 saturated carbocycles. The van der Waals surface area contributed by atoms with Crippen LogP contribution in [0, 0.1) is 17.6 Å². The van der Waals surface area contributed by atoms with Crippen LogP contribution in [-0.4, -0.2) is 55.9 Å². The maximum Gasteiger partial charge on any atom is 0.246 e. The van der Waals surface area contributed by atoms with E-state index in [0.29, 0.717) is 38.6 Å². The number of thiophene rings is 1. The number of ether oxygens (including phenoxy) is 1. The van der Waals surface area contributed by atoms with Gasteiger partial charge in [-0.1, -0.05) is 6.07 Å². The molecule has 0 spiro atoms. The lowest BCUT2D eigenvalue weighted by atomic mass is 9.96. The molecule has 1 aromatic heterocycles. The van der Waals surface area contributed by atoms with Gasteiger partial charge in [-0.05, 0) is 55.3 Å². The molecule has 2 saturated heterocycles. The van der Waals surface area contributed by atoms with Gasteiger partial charge in [-0.2, -0.15) is 4.31 Å². The van der Waals surface area contributed by atoms with Crippen molar-refractivity contribution < 1.29 is 26.7 Å². The summed E-state index contributed by atoms with van der Waals surface area (Å²) in [7, 11) is -4.17. The van der Waals surface area contributed by atoms with Crippen LogP contribution < -0.4 is 0 Å². The van der Waals surface area contributed by atoms with E-state index >= 15 is 0 Å². The quantitative estimate of drug-likeness (QED) is 0.602. The minimum Gasteiger partial charge on any atom is -0.376 e. The Balaban J connectivity index is 1.43. The predicted octanol–water partition coefficient (Wildman–Crippen LogP) is 3.63. The summed E-state index contributed by atoms with van der Waals surface area (Å²) < 4.78 is 60.1. The van der Waals surface area contributed by atoms with Crippen LogP contribution in [-0.2, 0) is 26.1 Å². The summed E-state index contributed by atoms with van der Waals surface area (Å²) in [6, 6.07) is 6.33. The van der Waals surface area contributed by atoms with Gasteiger partial charge in [-0.15, -0.1) is 11.3 Å². The normalized spacial score (nSPS) is 20.5. The van der Waals surface area contributed by atoms with E-state index in [9.17, 15) is 22.0 Å². The van der Waals surface area contributed by atoms with Gasteiger partial charge < -0.3 is 9.64 Å². The number of carbonyl (C=O) groups excluding carboxylic acids is 1. The van der Waals surface area contributed by atoms with Crippen molar-refractivity contribution in [2.24, 2.45) is 5.92 Å². The number of halogens is 2. The van der Waals surface area contributed by atoms with Crippen molar-refractivity contribution in [3.05, 3.63) is 52.2 Å². The molecular formula is C22H26F2N2O4S2. The summed E-state index contributed by atoms with van der Waals surface area (Å²) in [6.07, 6.45) is 2.60. The Hall–Kier alpha value is -1.88. The molecule has 174 valence electrons. The molecule has 0 radical (unpaired) electrons. The molecular weight excluding hydrogens is 458 g/mol. The lowest BCUT2D eigenvalue weighted by Gasteiger charge is -2.34. The first-order valence-corrected chi connectivity index (χ1v) is 13.0. The number of benzene rings is 1. The summed E-state index contributed by atoms with van der Waals surface area (Å²) in [4.78, 5) is 15.6. The van der Waals surface area contributed by atoms with E-state index < -0.39 is 26.6 Å². The first-order valence-electron chi connectivity index (χ1n) is 10.7. The first-order chi connectivity index (χ1) is 15.3. The number of piperidine rings is 1. The van der Waals surface area contributed by atoms with Crippen molar-refractivity contribution >= 4 is 27.3 Å². The number of amides is 1. The van der Waals surface area contributed by atoms with Crippen molar-refractivity contribution in [1.29, 1.82) is 0 Å². The number of nitrogens with zero attached hydrogens (tertiary/aromatic N) is 2. The fourth-order valence-corrected chi connectivity index (χ4v) is 6.54. The fourth-order valence-electron chi connectivity index (χ4n) is 4.27. The van der Waals surface area contributed by atoms with Gasteiger partial charge in [0.05, 0.1) is 12.6 Å². The highest BCUT2D eigenvalue weighted by molar-refractivity contribution is 7.89. The number of rotatable bonds is 7. The zero-order valence-electron chi connectivity index (χ0n) is 17.6. The molecule has 2 aliphatic rings. The zero-order chi connectivity index (χ0) is 22.7. The van der Waals surface area contributed by atoms with Gasteiger partial charge in [0.2, 0.25) is 15.9 Å². The Labute approximate surface area is 190 Å². The van der Waals surface area contributed by atoms with Crippen LogP contribution in [0.3, 0.4) is 0 Å². The van der Waals surface area contributed by atoms with Crippen molar-refractivity contribution in [2.75, 3.05) is 26.2 Å². The standard InChI is InChI=1S/C22H26F2N2O4S2/c23-17-5-6-20(24)21(13-17)32(28,29)26-9-7-16(8-10-26)22(27)25(14-18-3-1-11-30-18)15-19-4-2-12-31-19/h2,4-6,12-13,16,18H,1,3,7-11,14-15H2. The molecule has 4 rings (SSSR count).